The van der Waals surface area contributed by atoms with Gasteiger partial charge in [-0.3, -0.25) is 4.98 Å². The normalized spacial score (nSPS) is 20.5. The van der Waals surface area contributed by atoms with E-state index < -0.39 is 22.9 Å². The molecule has 1 heterocycles. The molecule has 1 aromatic rings. The summed E-state index contributed by atoms with van der Waals surface area (Å²) in [6.45, 7) is 6.01. The summed E-state index contributed by atoms with van der Waals surface area (Å²) in [5.74, 6) is -0.747. The molecule has 0 aromatic carbocycles. The third kappa shape index (κ3) is 2.63. The lowest BCUT2D eigenvalue weighted by molar-refractivity contribution is -0.293. The predicted molar refractivity (Wildman–Crippen MR) is 76.4 cm³/mol. The molecule has 0 bridgehead atoms. The molecule has 0 radical (unpaired) electrons. The highest BCUT2D eigenvalue weighted by Gasteiger charge is 2.62. The Labute approximate surface area is 128 Å². The number of nitrogens with zero attached hydrogens (tertiary/aromatic N) is 1. The molecule has 1 fully saturated rings. The summed E-state index contributed by atoms with van der Waals surface area (Å²) in [7, 11) is 3.10. The number of pyridine rings is 1. The molecule has 1 aliphatic carbocycles. The highest BCUT2D eigenvalue weighted by Crippen LogP contribution is 2.60. The Bertz CT molecular complexity index is 537. The maximum absolute atomic E-state index is 13.0. The molecule has 0 amide bonds. The number of methoxy groups -OCH3 is 2. The van der Waals surface area contributed by atoms with Gasteiger partial charge in [0.05, 0.1) is 5.56 Å². The maximum Gasteiger partial charge on any atom is 0.416 e. The van der Waals surface area contributed by atoms with Crippen LogP contribution in [0, 0.1) is 5.41 Å². The third-order valence-corrected chi connectivity index (χ3v) is 4.90. The summed E-state index contributed by atoms with van der Waals surface area (Å²) >= 11 is 0. The summed E-state index contributed by atoms with van der Waals surface area (Å²) in [4.78, 5) is 4.24. The predicted octanol–water partition coefficient (Wildman–Crippen LogP) is 4.17. The fourth-order valence-electron chi connectivity index (χ4n) is 3.20. The van der Waals surface area contributed by atoms with Crippen LogP contribution in [0.4, 0.5) is 13.2 Å². The number of halogens is 3. The van der Waals surface area contributed by atoms with Crippen LogP contribution in [0.1, 0.15) is 44.9 Å². The smallest absolute Gasteiger partial charge is 0.353 e. The second-order valence-corrected chi connectivity index (χ2v) is 6.93. The molecule has 0 unspecified atom stereocenters. The van der Waals surface area contributed by atoms with Gasteiger partial charge in [-0.1, -0.05) is 20.8 Å². The molecule has 6 heteroatoms. The van der Waals surface area contributed by atoms with Crippen molar-refractivity contribution in [2.45, 2.75) is 51.0 Å². The van der Waals surface area contributed by atoms with Gasteiger partial charge in [0.15, 0.2) is 5.79 Å². The van der Waals surface area contributed by atoms with Crippen LogP contribution in [0.2, 0.25) is 0 Å². The Kier molecular flexibility index (Phi) is 4.07. The lowest BCUT2D eigenvalue weighted by atomic mass is 9.50. The first-order valence-corrected chi connectivity index (χ1v) is 7.14. The zero-order chi connectivity index (χ0) is 16.8. The van der Waals surface area contributed by atoms with Crippen molar-refractivity contribution in [2.75, 3.05) is 14.2 Å². The van der Waals surface area contributed by atoms with Crippen molar-refractivity contribution >= 4 is 0 Å². The molecule has 1 aliphatic rings. The Morgan fingerprint density at radius 2 is 1.64 bits per heavy atom. The number of ether oxygens (including phenoxy) is 2. The molecular weight excluding hydrogens is 295 g/mol. The average molecular weight is 317 g/mol. The van der Waals surface area contributed by atoms with Crippen LogP contribution in [-0.4, -0.2) is 25.0 Å². The van der Waals surface area contributed by atoms with E-state index in [2.05, 4.69) is 4.98 Å². The minimum atomic E-state index is -4.37. The van der Waals surface area contributed by atoms with Crippen LogP contribution < -0.4 is 0 Å². The highest BCUT2D eigenvalue weighted by atomic mass is 19.4. The van der Waals surface area contributed by atoms with E-state index in [0.717, 1.165) is 12.1 Å². The Morgan fingerprint density at radius 3 is 2.05 bits per heavy atom. The van der Waals surface area contributed by atoms with E-state index in [1.54, 1.807) is 14.2 Å². The molecule has 2 rings (SSSR count). The summed E-state index contributed by atoms with van der Waals surface area (Å²) in [6, 6.07) is 2.15. The number of hydrogen-bond donors (Lipinski definition) is 0. The standard InChI is InChI=1S/C16H22F3NO2/c1-13(2,3)14(9-15(10-14,21-4)22-5)12-8-11(6-7-20-12)16(17,18)19/h6-8H,9-10H2,1-5H3. The first-order chi connectivity index (χ1) is 10.00. The SMILES string of the molecule is COC1(OC)CC(c2cc(C(F)(F)F)ccn2)(C(C)(C)C)C1. The molecule has 3 nitrogen and oxygen atoms in total. The fourth-order valence-corrected chi connectivity index (χ4v) is 3.20. The lowest BCUT2D eigenvalue weighted by Gasteiger charge is -2.59. The highest BCUT2D eigenvalue weighted by molar-refractivity contribution is 5.32. The van der Waals surface area contributed by atoms with E-state index in [-0.39, 0.29) is 5.41 Å². The molecule has 1 saturated carbocycles. The van der Waals surface area contributed by atoms with E-state index in [1.165, 1.54) is 6.20 Å². The summed E-state index contributed by atoms with van der Waals surface area (Å²) in [6.07, 6.45) is -2.19. The fraction of sp³-hybridized carbons (Fsp3) is 0.688. The topological polar surface area (TPSA) is 31.4 Å². The van der Waals surface area contributed by atoms with Gasteiger partial charge >= 0.3 is 6.18 Å². The van der Waals surface area contributed by atoms with E-state index in [9.17, 15) is 13.2 Å². The van der Waals surface area contributed by atoms with E-state index in [0.29, 0.717) is 18.5 Å². The van der Waals surface area contributed by atoms with E-state index in [4.69, 9.17) is 9.47 Å². The van der Waals surface area contributed by atoms with Crippen molar-refractivity contribution in [3.05, 3.63) is 29.6 Å². The van der Waals surface area contributed by atoms with Crippen LogP contribution >= 0.6 is 0 Å². The summed E-state index contributed by atoms with van der Waals surface area (Å²) in [5, 5.41) is 0. The summed E-state index contributed by atoms with van der Waals surface area (Å²) < 4.78 is 49.8. The van der Waals surface area contributed by atoms with Crippen LogP contribution in [0.15, 0.2) is 18.3 Å². The molecule has 0 saturated heterocycles. The number of aromatic nitrogens is 1. The average Bonchev–Trinajstić information content (AvgIpc) is 2.37. The van der Waals surface area contributed by atoms with Gasteiger partial charge in [0.1, 0.15) is 0 Å². The lowest BCUT2D eigenvalue weighted by Crippen LogP contribution is -2.62. The second kappa shape index (κ2) is 5.20. The van der Waals surface area contributed by atoms with Crippen molar-refractivity contribution in [3.8, 4) is 0 Å². The Hall–Kier alpha value is -1.14. The monoisotopic (exact) mass is 317 g/mol. The second-order valence-electron chi connectivity index (χ2n) is 6.93. The zero-order valence-corrected chi connectivity index (χ0v) is 13.5. The molecule has 0 aliphatic heterocycles. The van der Waals surface area contributed by atoms with Gasteiger partial charge in [-0.2, -0.15) is 13.2 Å². The van der Waals surface area contributed by atoms with Gasteiger partial charge in [0.2, 0.25) is 0 Å². The number of hydrogen-bond acceptors (Lipinski definition) is 3. The largest absolute Gasteiger partial charge is 0.416 e. The van der Waals surface area contributed by atoms with Crippen LogP contribution in [0.25, 0.3) is 0 Å². The molecule has 22 heavy (non-hydrogen) atoms. The van der Waals surface area contributed by atoms with Crippen molar-refractivity contribution in [1.82, 2.24) is 4.98 Å². The molecule has 0 spiro atoms. The number of alkyl halides is 3. The van der Waals surface area contributed by atoms with Crippen molar-refractivity contribution in [2.24, 2.45) is 5.41 Å². The third-order valence-electron chi connectivity index (χ3n) is 4.90. The minimum Gasteiger partial charge on any atom is -0.353 e. The molecule has 0 atom stereocenters. The van der Waals surface area contributed by atoms with Crippen LogP contribution in [-0.2, 0) is 21.1 Å². The van der Waals surface area contributed by atoms with Crippen molar-refractivity contribution in [1.29, 1.82) is 0 Å². The zero-order valence-electron chi connectivity index (χ0n) is 13.5. The summed E-state index contributed by atoms with van der Waals surface area (Å²) in [5.41, 5.74) is -1.02. The van der Waals surface area contributed by atoms with E-state index in [1.807, 2.05) is 20.8 Å². The van der Waals surface area contributed by atoms with Crippen molar-refractivity contribution in [3.63, 3.8) is 0 Å². The van der Waals surface area contributed by atoms with Crippen LogP contribution in [0.5, 0.6) is 0 Å². The molecule has 124 valence electrons. The van der Waals surface area contributed by atoms with Gasteiger partial charge in [0.25, 0.3) is 0 Å². The molecule has 1 aromatic heterocycles. The Morgan fingerprint density at radius 1 is 1.09 bits per heavy atom. The van der Waals surface area contributed by atoms with Crippen molar-refractivity contribution < 1.29 is 22.6 Å². The quantitative estimate of drug-likeness (QED) is 0.784. The number of rotatable bonds is 3. The van der Waals surface area contributed by atoms with Gasteiger partial charge in [-0.05, 0) is 17.5 Å². The minimum absolute atomic E-state index is 0.273. The van der Waals surface area contributed by atoms with Gasteiger partial charge in [-0.15, -0.1) is 0 Å². The Balaban J connectivity index is 2.46. The van der Waals surface area contributed by atoms with Gasteiger partial charge in [-0.25, -0.2) is 0 Å². The van der Waals surface area contributed by atoms with E-state index >= 15 is 0 Å². The molecule has 0 N–H and O–H groups in total. The van der Waals surface area contributed by atoms with Gasteiger partial charge < -0.3 is 9.47 Å². The van der Waals surface area contributed by atoms with Gasteiger partial charge in [0, 0.05) is 44.4 Å². The maximum atomic E-state index is 13.0. The van der Waals surface area contributed by atoms with Crippen LogP contribution in [0.3, 0.4) is 0 Å². The molecular formula is C16H22F3NO2. The first kappa shape index (κ1) is 17.2. The first-order valence-electron chi connectivity index (χ1n) is 7.14.